The molecule has 0 amide bonds. The highest BCUT2D eigenvalue weighted by atomic mass is 14.6. The summed E-state index contributed by atoms with van der Waals surface area (Å²) >= 11 is 0. The van der Waals surface area contributed by atoms with Crippen molar-refractivity contribution in [2.24, 2.45) is 22.7 Å². The van der Waals surface area contributed by atoms with Gasteiger partial charge < -0.3 is 0 Å². The molecule has 0 heteroatoms. The molecule has 0 aromatic carbocycles. The summed E-state index contributed by atoms with van der Waals surface area (Å²) in [5.74, 6) is 1.95. The lowest BCUT2D eigenvalue weighted by Gasteiger charge is -2.60. The molecule has 2 rings (SSSR count). The van der Waals surface area contributed by atoms with E-state index in [-0.39, 0.29) is 0 Å². The molecule has 4 atom stereocenters. The molecule has 0 aromatic rings. The zero-order chi connectivity index (χ0) is 11.1. The summed E-state index contributed by atoms with van der Waals surface area (Å²) in [7, 11) is 0. The van der Waals surface area contributed by atoms with Crippen LogP contribution in [0.25, 0.3) is 0 Å². The Labute approximate surface area is 95.8 Å². The Morgan fingerprint density at radius 3 is 2.40 bits per heavy atom. The zero-order valence-electron chi connectivity index (χ0n) is 11.1. The van der Waals surface area contributed by atoms with E-state index in [0.29, 0.717) is 10.8 Å². The third-order valence-electron chi connectivity index (χ3n) is 6.15. The van der Waals surface area contributed by atoms with Gasteiger partial charge >= 0.3 is 0 Å². The second-order valence-corrected chi connectivity index (χ2v) is 6.72. The molecule has 2 saturated carbocycles. The first-order valence-corrected chi connectivity index (χ1v) is 7.03. The number of hydrogen-bond donors (Lipinski definition) is 0. The molecule has 0 radical (unpaired) electrons. The maximum absolute atomic E-state index is 2.61. The maximum atomic E-state index is 2.61. The van der Waals surface area contributed by atoms with Crippen molar-refractivity contribution >= 4 is 0 Å². The third-order valence-corrected chi connectivity index (χ3v) is 6.15. The molecule has 0 bridgehead atoms. The largest absolute Gasteiger partial charge is 0.0651 e. The molecule has 0 aromatic heterocycles. The first-order valence-electron chi connectivity index (χ1n) is 7.03. The molecule has 15 heavy (non-hydrogen) atoms. The van der Waals surface area contributed by atoms with Gasteiger partial charge in [0.2, 0.25) is 0 Å². The van der Waals surface area contributed by atoms with E-state index in [1.54, 1.807) is 0 Å². The van der Waals surface area contributed by atoms with Crippen molar-refractivity contribution in [3.05, 3.63) is 0 Å². The summed E-state index contributed by atoms with van der Waals surface area (Å²) < 4.78 is 0. The third kappa shape index (κ3) is 1.56. The average Bonchev–Trinajstić information content (AvgIpc) is 2.20. The maximum Gasteiger partial charge on any atom is -0.0241 e. The monoisotopic (exact) mass is 208 g/mol. The summed E-state index contributed by atoms with van der Waals surface area (Å²) in [6.07, 6.45) is 10.3. The van der Waals surface area contributed by atoms with Gasteiger partial charge in [0.1, 0.15) is 0 Å². The Balaban J connectivity index is 2.30. The van der Waals surface area contributed by atoms with Crippen LogP contribution in [0.5, 0.6) is 0 Å². The molecule has 2 aliphatic carbocycles. The highest BCUT2D eigenvalue weighted by molar-refractivity contribution is 5.03. The molecule has 0 spiro atoms. The second kappa shape index (κ2) is 3.79. The lowest BCUT2D eigenvalue weighted by atomic mass is 9.45. The van der Waals surface area contributed by atoms with Crippen molar-refractivity contribution < 1.29 is 0 Å². The van der Waals surface area contributed by atoms with Gasteiger partial charge in [0.25, 0.3) is 0 Å². The molecule has 2 aliphatic rings. The minimum absolute atomic E-state index is 0.650. The van der Waals surface area contributed by atoms with Crippen molar-refractivity contribution in [2.45, 2.75) is 72.6 Å². The van der Waals surface area contributed by atoms with Gasteiger partial charge in [-0.2, -0.15) is 0 Å². The Kier molecular flexibility index (Phi) is 2.90. The van der Waals surface area contributed by atoms with E-state index in [1.807, 2.05) is 0 Å². The van der Waals surface area contributed by atoms with Crippen LogP contribution < -0.4 is 0 Å². The van der Waals surface area contributed by atoms with Gasteiger partial charge in [-0.05, 0) is 48.3 Å². The fourth-order valence-electron chi connectivity index (χ4n) is 4.87. The van der Waals surface area contributed by atoms with Gasteiger partial charge in [-0.15, -0.1) is 0 Å². The molecule has 0 aliphatic heterocycles. The van der Waals surface area contributed by atoms with Crippen LogP contribution in [0.2, 0.25) is 0 Å². The van der Waals surface area contributed by atoms with Crippen LogP contribution >= 0.6 is 0 Å². The van der Waals surface area contributed by atoms with Crippen LogP contribution in [0, 0.1) is 22.7 Å². The minimum atomic E-state index is 0.650. The minimum Gasteiger partial charge on any atom is -0.0651 e. The summed E-state index contributed by atoms with van der Waals surface area (Å²) in [6, 6.07) is 0. The molecular weight excluding hydrogens is 180 g/mol. The molecular formula is C15H28. The summed E-state index contributed by atoms with van der Waals surface area (Å²) in [5, 5.41) is 0. The standard InChI is InChI=1S/C15H28/c1-5-13-12(2)8-11-14(3)9-6-7-10-15(13,14)4/h12-13H,5-11H2,1-4H3. The van der Waals surface area contributed by atoms with Crippen LogP contribution in [0.15, 0.2) is 0 Å². The summed E-state index contributed by atoms with van der Waals surface area (Å²) in [5.41, 5.74) is 1.32. The van der Waals surface area contributed by atoms with Gasteiger partial charge in [0.15, 0.2) is 0 Å². The van der Waals surface area contributed by atoms with E-state index >= 15 is 0 Å². The topological polar surface area (TPSA) is 0 Å². The highest BCUT2D eigenvalue weighted by Gasteiger charge is 2.53. The molecule has 0 heterocycles. The summed E-state index contributed by atoms with van der Waals surface area (Å²) in [6.45, 7) is 10.1. The predicted octanol–water partition coefficient (Wildman–Crippen LogP) is 5.03. The van der Waals surface area contributed by atoms with E-state index in [9.17, 15) is 0 Å². The highest BCUT2D eigenvalue weighted by Crippen LogP contribution is 2.62. The SMILES string of the molecule is CCC1C(C)CCC2(C)CCCCC12C. The Morgan fingerprint density at radius 2 is 1.73 bits per heavy atom. The van der Waals surface area contributed by atoms with Crippen molar-refractivity contribution in [3.63, 3.8) is 0 Å². The molecule has 4 unspecified atom stereocenters. The quantitative estimate of drug-likeness (QED) is 0.567. The second-order valence-electron chi connectivity index (χ2n) is 6.72. The van der Waals surface area contributed by atoms with Crippen LogP contribution in [0.3, 0.4) is 0 Å². The van der Waals surface area contributed by atoms with E-state index in [1.165, 1.54) is 44.9 Å². The van der Waals surface area contributed by atoms with Crippen molar-refractivity contribution in [2.75, 3.05) is 0 Å². The number of rotatable bonds is 1. The molecule has 0 nitrogen and oxygen atoms in total. The predicted molar refractivity (Wildman–Crippen MR) is 66.9 cm³/mol. The fourth-order valence-corrected chi connectivity index (χ4v) is 4.87. The van der Waals surface area contributed by atoms with Gasteiger partial charge in [0, 0.05) is 0 Å². The molecule has 0 saturated heterocycles. The first-order chi connectivity index (χ1) is 7.03. The zero-order valence-corrected chi connectivity index (χ0v) is 11.1. The Hall–Kier alpha value is 0. The van der Waals surface area contributed by atoms with Gasteiger partial charge in [0.05, 0.1) is 0 Å². The Bertz CT molecular complexity index is 232. The van der Waals surface area contributed by atoms with Crippen molar-refractivity contribution in [1.29, 1.82) is 0 Å². The normalized spacial score (nSPS) is 51.2. The Morgan fingerprint density at radius 1 is 1.07 bits per heavy atom. The molecule has 2 fully saturated rings. The molecule has 88 valence electrons. The van der Waals surface area contributed by atoms with Gasteiger partial charge in [-0.25, -0.2) is 0 Å². The number of fused-ring (bicyclic) bond motifs is 1. The summed E-state index contributed by atoms with van der Waals surface area (Å²) in [4.78, 5) is 0. The smallest absolute Gasteiger partial charge is 0.0241 e. The van der Waals surface area contributed by atoms with Crippen LogP contribution in [-0.2, 0) is 0 Å². The van der Waals surface area contributed by atoms with Crippen molar-refractivity contribution in [3.8, 4) is 0 Å². The van der Waals surface area contributed by atoms with E-state index in [2.05, 4.69) is 27.7 Å². The van der Waals surface area contributed by atoms with Crippen molar-refractivity contribution in [1.82, 2.24) is 0 Å². The van der Waals surface area contributed by atoms with Gasteiger partial charge in [-0.3, -0.25) is 0 Å². The van der Waals surface area contributed by atoms with E-state index in [0.717, 1.165) is 11.8 Å². The van der Waals surface area contributed by atoms with Crippen LogP contribution in [0.1, 0.15) is 72.6 Å². The van der Waals surface area contributed by atoms with E-state index in [4.69, 9.17) is 0 Å². The number of hydrogen-bond acceptors (Lipinski definition) is 0. The van der Waals surface area contributed by atoms with E-state index < -0.39 is 0 Å². The average molecular weight is 208 g/mol. The van der Waals surface area contributed by atoms with Crippen LogP contribution in [-0.4, -0.2) is 0 Å². The first kappa shape index (κ1) is 11.5. The molecule has 0 N–H and O–H groups in total. The van der Waals surface area contributed by atoms with Crippen LogP contribution in [0.4, 0.5) is 0 Å². The van der Waals surface area contributed by atoms with Gasteiger partial charge in [-0.1, -0.05) is 47.0 Å². The lowest BCUT2D eigenvalue weighted by molar-refractivity contribution is -0.0991. The lowest BCUT2D eigenvalue weighted by Crippen LogP contribution is -2.51. The fraction of sp³-hybridized carbons (Fsp3) is 1.00.